The fourth-order valence-electron chi connectivity index (χ4n) is 6.15. The van der Waals surface area contributed by atoms with E-state index >= 15 is 0 Å². The molecule has 2 aliphatic rings. The van der Waals surface area contributed by atoms with Gasteiger partial charge in [0.05, 0.1) is 44.8 Å². The maximum atomic E-state index is 13.7. The zero-order valence-corrected chi connectivity index (χ0v) is 26.3. The van der Waals surface area contributed by atoms with Gasteiger partial charge in [-0.3, -0.25) is 19.9 Å². The summed E-state index contributed by atoms with van der Waals surface area (Å²) in [6.45, 7) is 7.18. The molecule has 1 aromatic heterocycles. The Hall–Kier alpha value is -4.20. The molecule has 0 amide bonds. The van der Waals surface area contributed by atoms with Crippen molar-refractivity contribution in [3.63, 3.8) is 0 Å². The Kier molecular flexibility index (Phi) is 10.3. The van der Waals surface area contributed by atoms with Gasteiger partial charge < -0.3 is 9.47 Å². The summed E-state index contributed by atoms with van der Waals surface area (Å²) in [5.74, 6) is -0.858. The summed E-state index contributed by atoms with van der Waals surface area (Å²) in [5, 5.41) is 0. The first-order valence-electron chi connectivity index (χ1n) is 15.9. The zero-order chi connectivity index (χ0) is 31.1. The lowest BCUT2D eigenvalue weighted by atomic mass is 9.98. The van der Waals surface area contributed by atoms with E-state index in [1.807, 2.05) is 48.5 Å². The van der Waals surface area contributed by atoms with Crippen molar-refractivity contribution in [3.05, 3.63) is 82.4 Å². The van der Waals surface area contributed by atoms with Crippen molar-refractivity contribution in [1.29, 1.82) is 0 Å². The van der Waals surface area contributed by atoms with Gasteiger partial charge in [-0.15, -0.1) is 0 Å². The number of carbonyl (C=O) groups excluding carboxylic acids is 2. The van der Waals surface area contributed by atoms with Gasteiger partial charge in [-0.1, -0.05) is 37.1 Å². The Bertz CT molecular complexity index is 1460. The zero-order valence-electron chi connectivity index (χ0n) is 26.3. The highest BCUT2D eigenvalue weighted by Gasteiger charge is 2.23. The summed E-state index contributed by atoms with van der Waals surface area (Å²) in [5.41, 5.74) is 4.79. The third-order valence-electron chi connectivity index (χ3n) is 8.42. The predicted octanol–water partition coefficient (Wildman–Crippen LogP) is 8.03. The van der Waals surface area contributed by atoms with Crippen LogP contribution in [-0.4, -0.2) is 44.1 Å². The molecule has 0 spiro atoms. The standard InChI is InChI=1S/C36H42N4O4/c1-23-33(35(41)43-27-15-7-5-8-16-27)24(2)38-31-21-13-14-22-32(31)40-26(4)34(36(42)44-28-17-9-6-10-18-28)25(3)39-30-20-12-11-19-29(30)37-23/h11-14,19-22,27-28H,5-10,15-18H2,1-4H3. The first kappa shape index (κ1) is 31.2. The molecule has 8 nitrogen and oxygen atoms in total. The molecule has 0 radical (unpaired) electrons. The molecule has 230 valence electrons. The van der Waals surface area contributed by atoms with E-state index in [2.05, 4.69) is 0 Å². The van der Waals surface area contributed by atoms with E-state index in [1.54, 1.807) is 27.7 Å². The van der Waals surface area contributed by atoms with Gasteiger partial charge >= 0.3 is 11.9 Å². The lowest BCUT2D eigenvalue weighted by Crippen LogP contribution is -2.22. The smallest absolute Gasteiger partial charge is 0.342 e. The van der Waals surface area contributed by atoms with E-state index in [0.717, 1.165) is 64.2 Å². The van der Waals surface area contributed by atoms with Crippen LogP contribution in [0.5, 0.6) is 0 Å². The summed E-state index contributed by atoms with van der Waals surface area (Å²) >= 11 is 0. The second-order valence-electron chi connectivity index (χ2n) is 11.8. The summed E-state index contributed by atoms with van der Waals surface area (Å²) < 4.78 is 12.0. The van der Waals surface area contributed by atoms with Gasteiger partial charge in [0.25, 0.3) is 0 Å². The van der Waals surface area contributed by atoms with Crippen LogP contribution in [0.25, 0.3) is 22.1 Å². The molecule has 0 bridgehead atoms. The van der Waals surface area contributed by atoms with Gasteiger partial charge in [-0.2, -0.15) is 0 Å². The average molecular weight is 595 g/mol. The van der Waals surface area contributed by atoms with Gasteiger partial charge in [-0.05, 0) is 103 Å². The van der Waals surface area contributed by atoms with Crippen LogP contribution >= 0.6 is 0 Å². The van der Waals surface area contributed by atoms with Crippen LogP contribution in [0, 0.1) is 27.7 Å². The van der Waals surface area contributed by atoms with E-state index in [-0.39, 0.29) is 12.2 Å². The second-order valence-corrected chi connectivity index (χ2v) is 11.8. The van der Waals surface area contributed by atoms with Gasteiger partial charge in [0.1, 0.15) is 23.3 Å². The SMILES string of the molecule is Cc1nc2ccccc2nc(C)c(C(=O)OC2CCCCC2)c(C)nc2ccccc2nc(C)c1C(=O)OC1CCCCC1. The molecular formula is C36H42N4O4. The second kappa shape index (κ2) is 14.5. The molecule has 5 rings (SSSR count). The number of hydrogen-bond acceptors (Lipinski definition) is 8. The van der Waals surface area contributed by atoms with Crippen molar-refractivity contribution in [1.82, 2.24) is 19.9 Å². The normalized spacial score (nSPS) is 15.7. The monoisotopic (exact) mass is 594 g/mol. The van der Waals surface area contributed by atoms with Crippen molar-refractivity contribution in [3.8, 4) is 0 Å². The van der Waals surface area contributed by atoms with E-state index in [1.165, 1.54) is 0 Å². The minimum Gasteiger partial charge on any atom is -0.459 e. The number of aromatic nitrogens is 4. The maximum absolute atomic E-state index is 13.7. The Morgan fingerprint density at radius 1 is 0.500 bits per heavy atom. The summed E-state index contributed by atoms with van der Waals surface area (Å²) in [7, 11) is 0. The number of aryl methyl sites for hydroxylation is 4. The number of fused-ring (bicyclic) bond motifs is 2. The summed E-state index contributed by atoms with van der Waals surface area (Å²) in [4.78, 5) is 46.9. The van der Waals surface area contributed by atoms with Crippen LogP contribution in [0.3, 0.4) is 0 Å². The van der Waals surface area contributed by atoms with E-state index in [9.17, 15) is 9.59 Å². The molecule has 2 saturated carbocycles. The quantitative estimate of drug-likeness (QED) is 0.280. The van der Waals surface area contributed by atoms with Crippen LogP contribution in [0.4, 0.5) is 0 Å². The first-order chi connectivity index (χ1) is 21.3. The van der Waals surface area contributed by atoms with Crippen LogP contribution in [0.1, 0.15) is 108 Å². The molecule has 8 heteroatoms. The molecule has 3 aromatic rings. The van der Waals surface area contributed by atoms with Crippen LogP contribution in [-0.2, 0) is 9.47 Å². The molecule has 0 unspecified atom stereocenters. The van der Waals surface area contributed by atoms with Crippen molar-refractivity contribution in [2.75, 3.05) is 0 Å². The number of ether oxygens (including phenoxy) is 2. The highest BCUT2D eigenvalue weighted by molar-refractivity contribution is 5.93. The number of esters is 2. The molecule has 1 heterocycles. The van der Waals surface area contributed by atoms with Crippen LogP contribution < -0.4 is 0 Å². The molecule has 2 aliphatic carbocycles. The third kappa shape index (κ3) is 7.65. The Balaban J connectivity index is 1.78. The fraction of sp³-hybridized carbons (Fsp3) is 0.444. The topological polar surface area (TPSA) is 104 Å². The highest BCUT2D eigenvalue weighted by Crippen LogP contribution is 2.24. The molecule has 0 saturated heterocycles. The van der Waals surface area contributed by atoms with Crippen molar-refractivity contribution in [2.24, 2.45) is 0 Å². The van der Waals surface area contributed by atoms with E-state index in [4.69, 9.17) is 29.4 Å². The number of benzene rings is 2. The Labute approximate surface area is 259 Å². The van der Waals surface area contributed by atoms with Crippen LogP contribution in [0.15, 0.2) is 48.5 Å². The average Bonchev–Trinajstić information content (AvgIpc) is 3.00. The number of para-hydroxylation sites is 4. The lowest BCUT2D eigenvalue weighted by Gasteiger charge is -2.22. The number of nitrogens with zero attached hydrogens (tertiary/aromatic N) is 4. The molecule has 2 aromatic carbocycles. The van der Waals surface area contributed by atoms with Gasteiger partial charge in [0.2, 0.25) is 0 Å². The molecule has 0 aliphatic heterocycles. The Morgan fingerprint density at radius 3 is 1.05 bits per heavy atom. The first-order valence-corrected chi connectivity index (χ1v) is 15.9. The van der Waals surface area contributed by atoms with Crippen molar-refractivity contribution >= 4 is 34.0 Å². The molecular weight excluding hydrogens is 552 g/mol. The van der Waals surface area contributed by atoms with Crippen molar-refractivity contribution in [2.45, 2.75) is 104 Å². The molecule has 44 heavy (non-hydrogen) atoms. The molecule has 2 fully saturated rings. The van der Waals surface area contributed by atoms with Gasteiger partial charge in [0, 0.05) is 0 Å². The minimum atomic E-state index is -0.429. The molecule has 0 atom stereocenters. The van der Waals surface area contributed by atoms with Gasteiger partial charge in [0.15, 0.2) is 0 Å². The summed E-state index contributed by atoms with van der Waals surface area (Å²) in [6.07, 6.45) is 9.76. The third-order valence-corrected chi connectivity index (χ3v) is 8.42. The van der Waals surface area contributed by atoms with E-state index in [0.29, 0.717) is 56.0 Å². The van der Waals surface area contributed by atoms with Crippen LogP contribution in [0.2, 0.25) is 0 Å². The lowest BCUT2D eigenvalue weighted by molar-refractivity contribution is 0.0199. The molecule has 0 N–H and O–H groups in total. The Morgan fingerprint density at radius 2 is 0.773 bits per heavy atom. The van der Waals surface area contributed by atoms with E-state index < -0.39 is 11.9 Å². The highest BCUT2D eigenvalue weighted by atomic mass is 16.5. The summed E-state index contributed by atoms with van der Waals surface area (Å²) in [6, 6.07) is 14.8. The number of hydrogen-bond donors (Lipinski definition) is 0. The van der Waals surface area contributed by atoms with Gasteiger partial charge in [-0.25, -0.2) is 9.59 Å². The minimum absolute atomic E-state index is 0.112. The van der Waals surface area contributed by atoms with Crippen molar-refractivity contribution < 1.29 is 19.1 Å². The number of rotatable bonds is 4. The fourth-order valence-corrected chi connectivity index (χ4v) is 6.15. The number of carbonyl (C=O) groups is 2. The predicted molar refractivity (Wildman–Crippen MR) is 171 cm³/mol. The largest absolute Gasteiger partial charge is 0.459 e. The maximum Gasteiger partial charge on any atom is 0.342 e.